The van der Waals surface area contributed by atoms with Crippen molar-refractivity contribution < 1.29 is 23.5 Å². The van der Waals surface area contributed by atoms with Gasteiger partial charge in [0.1, 0.15) is 18.1 Å². The van der Waals surface area contributed by atoms with Crippen LogP contribution in [-0.2, 0) is 14.3 Å². The quantitative estimate of drug-likeness (QED) is 0.545. The number of hydrogen-bond donors (Lipinski definition) is 0. The molecule has 1 saturated heterocycles. The monoisotopic (exact) mass is 411 g/mol. The van der Waals surface area contributed by atoms with Gasteiger partial charge in [0, 0.05) is 16.7 Å². The predicted molar refractivity (Wildman–Crippen MR) is 98.9 cm³/mol. The Balaban J connectivity index is 1.83. The summed E-state index contributed by atoms with van der Waals surface area (Å²) in [7, 11) is 1.18. The Morgan fingerprint density at radius 3 is 2.73 bits per heavy atom. The maximum absolute atomic E-state index is 12.3. The second-order valence-electron chi connectivity index (χ2n) is 5.17. The van der Waals surface area contributed by atoms with E-state index in [2.05, 4.69) is 4.74 Å². The second-order valence-corrected chi connectivity index (χ2v) is 7.01. The molecule has 1 aromatic heterocycles. The van der Waals surface area contributed by atoms with E-state index in [0.29, 0.717) is 27.1 Å². The highest BCUT2D eigenvalue weighted by Crippen LogP contribution is 2.35. The molecule has 9 heteroatoms. The van der Waals surface area contributed by atoms with Crippen LogP contribution in [0.2, 0.25) is 10.0 Å². The molecule has 0 spiro atoms. The van der Waals surface area contributed by atoms with Crippen molar-refractivity contribution in [3.05, 3.63) is 51.0 Å². The minimum Gasteiger partial charge on any atom is -0.468 e. The van der Waals surface area contributed by atoms with Crippen LogP contribution in [0.25, 0.3) is 17.4 Å². The summed E-state index contributed by atoms with van der Waals surface area (Å²) in [5, 5.41) is 0.390. The summed E-state index contributed by atoms with van der Waals surface area (Å²) in [4.78, 5) is 36.4. The Morgan fingerprint density at radius 2 is 2.04 bits per heavy atom. The SMILES string of the molecule is COC(=O)CN1C(=O)SC(=Cc2ccc(-c3ccc(Cl)cc3Cl)o2)C1=O. The van der Waals surface area contributed by atoms with E-state index in [1.807, 2.05) is 0 Å². The van der Waals surface area contributed by atoms with Crippen LogP contribution < -0.4 is 0 Å². The highest BCUT2D eigenvalue weighted by molar-refractivity contribution is 8.18. The molecular weight excluding hydrogens is 401 g/mol. The fraction of sp³-hybridized carbons (Fsp3) is 0.118. The van der Waals surface area contributed by atoms with Crippen molar-refractivity contribution in [3.8, 4) is 11.3 Å². The number of imide groups is 1. The van der Waals surface area contributed by atoms with Crippen molar-refractivity contribution in [1.29, 1.82) is 0 Å². The van der Waals surface area contributed by atoms with Crippen LogP contribution in [0.5, 0.6) is 0 Å². The molecule has 134 valence electrons. The fourth-order valence-corrected chi connectivity index (χ4v) is 3.54. The van der Waals surface area contributed by atoms with Crippen LogP contribution in [-0.4, -0.2) is 35.7 Å². The molecule has 6 nitrogen and oxygen atoms in total. The molecule has 0 unspecified atom stereocenters. The molecule has 2 aromatic rings. The molecule has 0 bridgehead atoms. The first-order valence-corrected chi connectivity index (χ1v) is 8.83. The lowest BCUT2D eigenvalue weighted by Crippen LogP contribution is -2.34. The lowest BCUT2D eigenvalue weighted by Gasteiger charge is -2.09. The van der Waals surface area contributed by atoms with Gasteiger partial charge in [-0.15, -0.1) is 0 Å². The topological polar surface area (TPSA) is 76.8 Å². The van der Waals surface area contributed by atoms with E-state index in [1.54, 1.807) is 30.3 Å². The molecule has 2 heterocycles. The lowest BCUT2D eigenvalue weighted by molar-refractivity contribution is -0.143. The third kappa shape index (κ3) is 3.80. The molecule has 0 saturated carbocycles. The molecule has 0 aliphatic carbocycles. The smallest absolute Gasteiger partial charge is 0.325 e. The van der Waals surface area contributed by atoms with Crippen molar-refractivity contribution in [2.45, 2.75) is 0 Å². The van der Waals surface area contributed by atoms with Crippen molar-refractivity contribution >= 4 is 58.2 Å². The average molecular weight is 412 g/mol. The second kappa shape index (κ2) is 7.57. The molecule has 2 amide bonds. The number of carbonyl (C=O) groups excluding carboxylic acids is 3. The summed E-state index contributed by atoms with van der Waals surface area (Å²) in [5.74, 6) is -0.389. The van der Waals surface area contributed by atoms with Crippen LogP contribution in [0.3, 0.4) is 0 Å². The molecule has 1 aliphatic heterocycles. The Morgan fingerprint density at radius 1 is 1.27 bits per heavy atom. The first-order valence-electron chi connectivity index (χ1n) is 7.26. The molecule has 1 fully saturated rings. The van der Waals surface area contributed by atoms with E-state index >= 15 is 0 Å². The van der Waals surface area contributed by atoms with Crippen LogP contribution >= 0.6 is 35.0 Å². The summed E-state index contributed by atoms with van der Waals surface area (Å²) in [6.45, 7) is -0.428. The number of esters is 1. The average Bonchev–Trinajstić information content (AvgIpc) is 3.15. The van der Waals surface area contributed by atoms with Gasteiger partial charge in [0.2, 0.25) is 0 Å². The Bertz CT molecular complexity index is 937. The number of halogens is 2. The number of carbonyl (C=O) groups is 3. The Hall–Kier alpha value is -2.22. The summed E-state index contributed by atoms with van der Waals surface area (Å²) >= 11 is 12.8. The van der Waals surface area contributed by atoms with Crippen molar-refractivity contribution in [3.63, 3.8) is 0 Å². The van der Waals surface area contributed by atoms with Gasteiger partial charge in [0.25, 0.3) is 11.1 Å². The van der Waals surface area contributed by atoms with Gasteiger partial charge < -0.3 is 9.15 Å². The molecule has 26 heavy (non-hydrogen) atoms. The summed E-state index contributed by atoms with van der Waals surface area (Å²) in [6.07, 6.45) is 1.44. The minimum absolute atomic E-state index is 0.155. The zero-order valence-electron chi connectivity index (χ0n) is 13.3. The number of benzene rings is 1. The zero-order chi connectivity index (χ0) is 18.8. The Kier molecular flexibility index (Phi) is 5.41. The van der Waals surface area contributed by atoms with Gasteiger partial charge in [-0.2, -0.15) is 0 Å². The number of methoxy groups -OCH3 is 1. The number of nitrogens with zero attached hydrogens (tertiary/aromatic N) is 1. The molecule has 1 aromatic carbocycles. The third-order valence-corrected chi connectivity index (χ3v) is 4.94. The Labute approximate surface area is 162 Å². The van der Waals surface area contributed by atoms with Gasteiger partial charge in [0.15, 0.2) is 0 Å². The highest BCUT2D eigenvalue weighted by atomic mass is 35.5. The molecule has 0 radical (unpaired) electrons. The molecule has 1 aliphatic rings. The fourth-order valence-electron chi connectivity index (χ4n) is 2.22. The predicted octanol–water partition coefficient (Wildman–Crippen LogP) is 4.46. The molecule has 3 rings (SSSR count). The van der Waals surface area contributed by atoms with Crippen molar-refractivity contribution in [2.75, 3.05) is 13.7 Å². The first-order chi connectivity index (χ1) is 12.4. The normalized spacial score (nSPS) is 15.8. The van der Waals surface area contributed by atoms with E-state index in [9.17, 15) is 14.4 Å². The van der Waals surface area contributed by atoms with Crippen LogP contribution in [0, 0.1) is 0 Å². The molecular formula is C17H11Cl2NO5S. The van der Waals surface area contributed by atoms with Gasteiger partial charge in [-0.25, -0.2) is 0 Å². The summed E-state index contributed by atoms with van der Waals surface area (Å²) < 4.78 is 10.2. The number of hydrogen-bond acceptors (Lipinski definition) is 6. The summed E-state index contributed by atoms with van der Waals surface area (Å²) in [5.41, 5.74) is 0.648. The van der Waals surface area contributed by atoms with E-state index < -0.39 is 23.7 Å². The van der Waals surface area contributed by atoms with E-state index in [0.717, 1.165) is 16.7 Å². The van der Waals surface area contributed by atoms with Crippen LogP contribution in [0.15, 0.2) is 39.7 Å². The van der Waals surface area contributed by atoms with Gasteiger partial charge in [-0.1, -0.05) is 23.2 Å². The maximum atomic E-state index is 12.3. The number of thioether (sulfide) groups is 1. The number of ether oxygens (including phenoxy) is 1. The number of rotatable bonds is 4. The van der Waals surface area contributed by atoms with Gasteiger partial charge in [0.05, 0.1) is 17.0 Å². The minimum atomic E-state index is -0.675. The zero-order valence-corrected chi connectivity index (χ0v) is 15.7. The van der Waals surface area contributed by atoms with Crippen LogP contribution in [0.4, 0.5) is 4.79 Å². The first kappa shape index (κ1) is 18.6. The molecule has 0 atom stereocenters. The number of amides is 2. The van der Waals surface area contributed by atoms with Crippen LogP contribution in [0.1, 0.15) is 5.76 Å². The number of furan rings is 1. The van der Waals surface area contributed by atoms with Crippen molar-refractivity contribution in [1.82, 2.24) is 4.90 Å². The lowest BCUT2D eigenvalue weighted by atomic mass is 10.2. The molecule has 0 N–H and O–H groups in total. The van der Waals surface area contributed by atoms with E-state index in [1.165, 1.54) is 13.2 Å². The maximum Gasteiger partial charge on any atom is 0.325 e. The third-order valence-electron chi connectivity index (χ3n) is 3.49. The van der Waals surface area contributed by atoms with Gasteiger partial charge in [-0.05, 0) is 42.1 Å². The van der Waals surface area contributed by atoms with Crippen molar-refractivity contribution in [2.24, 2.45) is 0 Å². The van der Waals surface area contributed by atoms with E-state index in [4.69, 9.17) is 27.6 Å². The summed E-state index contributed by atoms with van der Waals surface area (Å²) in [6, 6.07) is 8.34. The highest BCUT2D eigenvalue weighted by Gasteiger charge is 2.36. The van der Waals surface area contributed by atoms with E-state index in [-0.39, 0.29) is 4.91 Å². The van der Waals surface area contributed by atoms with Gasteiger partial charge >= 0.3 is 5.97 Å². The largest absolute Gasteiger partial charge is 0.468 e. The standard InChI is InChI=1S/C17H11Cl2NO5S/c1-24-15(21)8-20-16(22)14(26-17(20)23)7-10-3-5-13(25-10)11-4-2-9(18)6-12(11)19/h2-7H,8H2,1H3. The van der Waals surface area contributed by atoms with Gasteiger partial charge in [-0.3, -0.25) is 19.3 Å².